The van der Waals surface area contributed by atoms with E-state index < -0.39 is 0 Å². The molecule has 1 aliphatic rings. The number of carbonyl (C=O) groups is 1. The van der Waals surface area contributed by atoms with Gasteiger partial charge in [-0.3, -0.25) is 4.79 Å². The quantitative estimate of drug-likeness (QED) is 0.547. The van der Waals surface area contributed by atoms with E-state index in [2.05, 4.69) is 23.5 Å². The molecule has 2 aromatic carbocycles. The Morgan fingerprint density at radius 3 is 2.50 bits per heavy atom. The van der Waals surface area contributed by atoms with Crippen LogP contribution in [0, 0.1) is 5.82 Å². The van der Waals surface area contributed by atoms with Gasteiger partial charge in [-0.25, -0.2) is 9.37 Å². The first-order valence-electron chi connectivity index (χ1n) is 9.68. The van der Waals surface area contributed by atoms with Crippen LogP contribution in [0.3, 0.4) is 0 Å². The van der Waals surface area contributed by atoms with Gasteiger partial charge in [-0.2, -0.15) is 0 Å². The number of nitrogens with one attached hydrogen (secondary N) is 3. The number of thiazole rings is 1. The van der Waals surface area contributed by atoms with Crippen LogP contribution < -0.4 is 15.1 Å². The molecule has 3 N–H and O–H groups in total. The van der Waals surface area contributed by atoms with Crippen molar-refractivity contribution in [1.29, 1.82) is 0 Å². The Morgan fingerprint density at radius 2 is 1.75 bits per heavy atom. The maximum atomic E-state index is 12.9. The topological polar surface area (TPSA) is 50.9 Å². The fourth-order valence-corrected chi connectivity index (χ4v) is 4.65. The van der Waals surface area contributed by atoms with Crippen molar-refractivity contribution in [2.24, 2.45) is 0 Å². The third-order valence-electron chi connectivity index (χ3n) is 5.22. The summed E-state index contributed by atoms with van der Waals surface area (Å²) in [5.41, 5.74) is 2.00. The molecule has 7 heteroatoms. The Bertz CT molecular complexity index is 902. The fraction of sp³-hybridized carbons (Fsp3) is 0.333. The summed E-state index contributed by atoms with van der Waals surface area (Å²) < 4.78 is 14.2. The van der Waals surface area contributed by atoms with E-state index in [1.54, 1.807) is 23.5 Å². The van der Waals surface area contributed by atoms with E-state index in [1.165, 1.54) is 31.6 Å². The van der Waals surface area contributed by atoms with Crippen LogP contribution in [-0.4, -0.2) is 43.6 Å². The lowest BCUT2D eigenvalue weighted by Crippen LogP contribution is -3.28. The highest BCUT2D eigenvalue weighted by atomic mass is 32.1. The first-order valence-corrected chi connectivity index (χ1v) is 10.5. The zero-order valence-electron chi connectivity index (χ0n) is 15.7. The number of halogens is 1. The minimum atomic E-state index is -0.259. The van der Waals surface area contributed by atoms with Crippen LogP contribution in [0.25, 0.3) is 10.2 Å². The molecule has 0 bridgehead atoms. The van der Waals surface area contributed by atoms with Crippen molar-refractivity contribution in [2.45, 2.75) is 13.1 Å². The Balaban J connectivity index is 1.20. The zero-order chi connectivity index (χ0) is 19.3. The van der Waals surface area contributed by atoms with Crippen molar-refractivity contribution in [3.8, 4) is 0 Å². The summed E-state index contributed by atoms with van der Waals surface area (Å²) in [4.78, 5) is 19.8. The van der Waals surface area contributed by atoms with Crippen LogP contribution in [-0.2, 0) is 17.9 Å². The molecule has 1 amide bonds. The van der Waals surface area contributed by atoms with Crippen LogP contribution >= 0.6 is 11.3 Å². The highest BCUT2D eigenvalue weighted by molar-refractivity contribution is 7.18. The molecule has 1 aliphatic heterocycles. The lowest BCUT2D eigenvalue weighted by Gasteiger charge is -2.28. The zero-order valence-corrected chi connectivity index (χ0v) is 16.5. The monoisotopic (exact) mass is 400 g/mol. The maximum absolute atomic E-state index is 12.9. The van der Waals surface area contributed by atoms with Crippen molar-refractivity contribution in [2.75, 3.05) is 32.7 Å². The number of nitrogens with zero attached hydrogens (tertiary/aromatic N) is 1. The summed E-state index contributed by atoms with van der Waals surface area (Å²) in [7, 11) is 0. The van der Waals surface area contributed by atoms with Gasteiger partial charge in [0.25, 0.3) is 5.91 Å². The Morgan fingerprint density at radius 1 is 1.04 bits per heavy atom. The first-order chi connectivity index (χ1) is 13.7. The molecule has 1 aromatic heterocycles. The number of para-hydroxylation sites is 1. The largest absolute Gasteiger partial charge is 0.347 e. The van der Waals surface area contributed by atoms with E-state index in [1.807, 2.05) is 6.07 Å². The number of fused-ring (bicyclic) bond motifs is 1. The van der Waals surface area contributed by atoms with Crippen molar-refractivity contribution >= 4 is 27.5 Å². The molecule has 1 saturated heterocycles. The summed E-state index contributed by atoms with van der Waals surface area (Å²) in [5.74, 6) is -0.209. The minimum Gasteiger partial charge on any atom is -0.347 e. The number of hydrogen-bond donors (Lipinski definition) is 3. The van der Waals surface area contributed by atoms with E-state index in [-0.39, 0.29) is 11.7 Å². The smallest absolute Gasteiger partial charge is 0.275 e. The Kier molecular flexibility index (Phi) is 5.95. The predicted molar refractivity (Wildman–Crippen MR) is 108 cm³/mol. The molecule has 0 spiro atoms. The van der Waals surface area contributed by atoms with E-state index in [0.29, 0.717) is 13.1 Å². The van der Waals surface area contributed by atoms with Crippen LogP contribution in [0.4, 0.5) is 4.39 Å². The molecule has 5 nitrogen and oxygen atoms in total. The predicted octanol–water partition coefficient (Wildman–Crippen LogP) is 0.0352. The van der Waals surface area contributed by atoms with Gasteiger partial charge in [0.05, 0.1) is 10.2 Å². The Hall–Kier alpha value is -2.35. The van der Waals surface area contributed by atoms with Gasteiger partial charge in [-0.1, -0.05) is 24.3 Å². The molecule has 28 heavy (non-hydrogen) atoms. The van der Waals surface area contributed by atoms with Crippen molar-refractivity contribution in [3.05, 3.63) is 64.9 Å². The number of aromatic nitrogens is 1. The van der Waals surface area contributed by atoms with E-state index in [0.717, 1.165) is 43.8 Å². The molecule has 0 radical (unpaired) electrons. The number of amides is 1. The van der Waals surface area contributed by atoms with Crippen LogP contribution in [0.5, 0.6) is 0 Å². The van der Waals surface area contributed by atoms with Crippen LogP contribution in [0.15, 0.2) is 48.5 Å². The van der Waals surface area contributed by atoms with Gasteiger partial charge in [0.15, 0.2) is 6.54 Å². The number of benzene rings is 2. The second-order valence-electron chi connectivity index (χ2n) is 7.33. The molecule has 4 rings (SSSR count). The molecule has 2 heterocycles. The van der Waals surface area contributed by atoms with Gasteiger partial charge in [-0.05, 0) is 29.8 Å². The van der Waals surface area contributed by atoms with Crippen molar-refractivity contribution in [3.63, 3.8) is 0 Å². The van der Waals surface area contributed by atoms with Crippen molar-refractivity contribution in [1.82, 2.24) is 10.3 Å². The lowest BCUT2D eigenvalue weighted by molar-refractivity contribution is -1.02. The summed E-state index contributed by atoms with van der Waals surface area (Å²) in [5, 5.41) is 4.13. The molecule has 146 valence electrons. The number of hydrogen-bond acceptors (Lipinski definition) is 3. The fourth-order valence-electron chi connectivity index (χ4n) is 3.61. The van der Waals surface area contributed by atoms with Gasteiger partial charge in [0, 0.05) is 6.54 Å². The van der Waals surface area contributed by atoms with Crippen LogP contribution in [0.1, 0.15) is 10.6 Å². The van der Waals surface area contributed by atoms with E-state index in [9.17, 15) is 9.18 Å². The maximum Gasteiger partial charge on any atom is 0.275 e. The average molecular weight is 401 g/mol. The molecular formula is C21H25FN4OS+2. The van der Waals surface area contributed by atoms with Gasteiger partial charge in [-0.15, -0.1) is 11.3 Å². The highest BCUT2D eigenvalue weighted by Gasteiger charge is 2.25. The molecule has 1 fully saturated rings. The number of carbonyl (C=O) groups excluding carboxylic acids is 1. The standard InChI is InChI=1S/C21H23FN4OS/c22-17-7-5-16(6-8-17)13-23-20(27)14-25-9-11-26(12-10-25)15-21-24-18-3-1-2-4-19(18)28-21/h1-8H,9-15H2,(H,23,27)/p+2. The van der Waals surface area contributed by atoms with Gasteiger partial charge in [0.1, 0.15) is 43.5 Å². The number of quaternary nitrogens is 2. The molecular weight excluding hydrogens is 375 g/mol. The molecule has 0 unspecified atom stereocenters. The summed E-state index contributed by atoms with van der Waals surface area (Å²) in [6.45, 7) is 5.99. The Labute approximate surface area is 167 Å². The minimum absolute atomic E-state index is 0.0500. The number of rotatable bonds is 6. The third-order valence-corrected chi connectivity index (χ3v) is 6.25. The van der Waals surface area contributed by atoms with Gasteiger partial charge < -0.3 is 15.1 Å². The first kappa shape index (κ1) is 19.0. The van der Waals surface area contributed by atoms with Crippen molar-refractivity contribution < 1.29 is 19.0 Å². The summed E-state index contributed by atoms with van der Waals surface area (Å²) in [6, 6.07) is 14.5. The lowest BCUT2D eigenvalue weighted by atomic mass is 10.2. The molecule has 0 saturated carbocycles. The SMILES string of the molecule is O=C(C[NH+]1CC[NH+](Cc2nc3ccccc3s2)CC1)NCc1ccc(F)cc1. The number of piperazine rings is 1. The third kappa shape index (κ3) is 4.92. The second kappa shape index (κ2) is 8.77. The summed E-state index contributed by atoms with van der Waals surface area (Å²) >= 11 is 1.78. The average Bonchev–Trinajstić information content (AvgIpc) is 3.11. The molecule has 0 aliphatic carbocycles. The van der Waals surface area contributed by atoms with E-state index >= 15 is 0 Å². The second-order valence-corrected chi connectivity index (χ2v) is 8.45. The normalized spacial score (nSPS) is 19.6. The van der Waals surface area contributed by atoms with Gasteiger partial charge in [0.2, 0.25) is 0 Å². The van der Waals surface area contributed by atoms with Gasteiger partial charge >= 0.3 is 0 Å². The summed E-state index contributed by atoms with van der Waals surface area (Å²) in [6.07, 6.45) is 0. The highest BCUT2D eigenvalue weighted by Crippen LogP contribution is 2.20. The van der Waals surface area contributed by atoms with E-state index in [4.69, 9.17) is 4.98 Å². The molecule has 0 atom stereocenters. The van der Waals surface area contributed by atoms with Crippen LogP contribution in [0.2, 0.25) is 0 Å². The molecule has 3 aromatic rings.